The Kier molecular flexibility index (Phi) is 3.13. The van der Waals surface area contributed by atoms with Gasteiger partial charge in [-0.3, -0.25) is 4.79 Å². The van der Waals surface area contributed by atoms with E-state index < -0.39 is 0 Å². The molecule has 20 heavy (non-hydrogen) atoms. The molecular weight excluding hydrogens is 250 g/mol. The van der Waals surface area contributed by atoms with Gasteiger partial charge in [0, 0.05) is 5.56 Å². The summed E-state index contributed by atoms with van der Waals surface area (Å²) in [6.45, 7) is 2.04. The molecule has 0 saturated heterocycles. The molecule has 0 amide bonds. The number of aryl methyl sites for hydroxylation is 1. The summed E-state index contributed by atoms with van der Waals surface area (Å²) in [6.07, 6.45) is 3.41. The number of ketones is 1. The van der Waals surface area contributed by atoms with Crippen LogP contribution in [-0.2, 0) is 0 Å². The highest BCUT2D eigenvalue weighted by Gasteiger charge is 2.13. The Morgan fingerprint density at radius 1 is 1.00 bits per heavy atom. The van der Waals surface area contributed by atoms with Crippen LogP contribution in [0.1, 0.15) is 21.5 Å². The molecule has 4 heteroatoms. The van der Waals surface area contributed by atoms with Crippen molar-refractivity contribution >= 4 is 17.5 Å². The Morgan fingerprint density at radius 3 is 2.25 bits per heavy atom. The predicted molar refractivity (Wildman–Crippen MR) is 78.3 cm³/mol. The predicted octanol–water partition coefficient (Wildman–Crippen LogP) is 3.99. The maximum atomic E-state index is 12.0. The minimum atomic E-state index is -0.0169. The summed E-state index contributed by atoms with van der Waals surface area (Å²) in [5.74, 6) is -0.0169. The van der Waals surface area contributed by atoms with Gasteiger partial charge in [-0.15, -0.1) is 5.12 Å². The van der Waals surface area contributed by atoms with Gasteiger partial charge in [0.25, 0.3) is 0 Å². The average molecular weight is 263 g/mol. The number of carbonyl (C=O) groups excluding carboxylic acids is 1. The van der Waals surface area contributed by atoms with E-state index in [1.165, 1.54) is 10.7 Å². The fourth-order valence-electron chi connectivity index (χ4n) is 1.83. The normalized spacial score (nSPS) is 12.9. The van der Waals surface area contributed by atoms with Crippen molar-refractivity contribution in [2.24, 2.45) is 10.4 Å². The average Bonchev–Trinajstić information content (AvgIpc) is 3.31. The number of carbonyl (C=O) groups is 1. The smallest absolute Gasteiger partial charge is 0.185 e. The highest BCUT2D eigenvalue weighted by molar-refractivity contribution is 6.06. The monoisotopic (exact) mass is 263 g/mol. The van der Waals surface area contributed by atoms with Crippen molar-refractivity contribution in [1.29, 1.82) is 0 Å². The number of rotatable bonds is 4. The Hall–Kier alpha value is -2.75. The zero-order chi connectivity index (χ0) is 13.9. The number of anilines is 1. The van der Waals surface area contributed by atoms with Gasteiger partial charge < -0.3 is 0 Å². The van der Waals surface area contributed by atoms with Crippen LogP contribution in [0.5, 0.6) is 0 Å². The molecule has 3 rings (SSSR count). The van der Waals surface area contributed by atoms with Crippen LogP contribution in [0, 0.1) is 6.92 Å². The second-order valence-corrected chi connectivity index (χ2v) is 4.62. The van der Waals surface area contributed by atoms with Gasteiger partial charge in [0.05, 0.1) is 5.69 Å². The second kappa shape index (κ2) is 5.09. The molecule has 0 fully saturated rings. The van der Waals surface area contributed by atoms with Crippen LogP contribution < -0.4 is 5.12 Å². The molecule has 0 saturated carbocycles. The van der Waals surface area contributed by atoms with Gasteiger partial charge in [0.2, 0.25) is 0 Å². The summed E-state index contributed by atoms with van der Waals surface area (Å²) in [5.41, 5.74) is 3.74. The molecule has 2 aromatic carbocycles. The minimum Gasteiger partial charge on any atom is -0.289 e. The van der Waals surface area contributed by atoms with Crippen LogP contribution >= 0.6 is 0 Å². The van der Waals surface area contributed by atoms with Crippen molar-refractivity contribution in [3.05, 3.63) is 71.3 Å². The first-order valence-electron chi connectivity index (χ1n) is 6.33. The molecule has 0 spiro atoms. The van der Waals surface area contributed by atoms with Crippen molar-refractivity contribution in [1.82, 2.24) is 0 Å². The van der Waals surface area contributed by atoms with Crippen LogP contribution in [0.15, 0.2) is 65.1 Å². The molecule has 0 aliphatic carbocycles. The first kappa shape index (κ1) is 12.3. The Morgan fingerprint density at radius 2 is 1.65 bits per heavy atom. The van der Waals surface area contributed by atoms with Crippen LogP contribution in [0.3, 0.4) is 0 Å². The first-order chi connectivity index (χ1) is 9.72. The van der Waals surface area contributed by atoms with E-state index in [1.807, 2.05) is 49.4 Å². The van der Waals surface area contributed by atoms with Crippen molar-refractivity contribution in [2.75, 3.05) is 5.12 Å². The summed E-state index contributed by atoms with van der Waals surface area (Å²) >= 11 is 0. The fourth-order valence-corrected chi connectivity index (χ4v) is 1.83. The van der Waals surface area contributed by atoms with Gasteiger partial charge in [-0.25, -0.2) is 0 Å². The Bertz CT molecular complexity index is 679. The quantitative estimate of drug-likeness (QED) is 0.618. The van der Waals surface area contributed by atoms with Gasteiger partial charge in [0.15, 0.2) is 5.78 Å². The minimum absolute atomic E-state index is 0.0169. The molecule has 0 atom stereocenters. The molecule has 98 valence electrons. The summed E-state index contributed by atoms with van der Waals surface area (Å²) in [6, 6.07) is 15.2. The van der Waals surface area contributed by atoms with Gasteiger partial charge >= 0.3 is 0 Å². The number of allylic oxidation sites excluding steroid dienone is 1. The van der Waals surface area contributed by atoms with Crippen LogP contribution in [0.4, 0.5) is 5.69 Å². The van der Waals surface area contributed by atoms with E-state index in [-0.39, 0.29) is 5.78 Å². The highest BCUT2D eigenvalue weighted by Crippen LogP contribution is 2.23. The van der Waals surface area contributed by atoms with E-state index in [0.717, 1.165) is 11.3 Å². The van der Waals surface area contributed by atoms with Crippen molar-refractivity contribution in [2.45, 2.75) is 6.92 Å². The van der Waals surface area contributed by atoms with Crippen LogP contribution in [0.2, 0.25) is 0 Å². The standard InChI is InChI=1S/C16H13N3O/c1-12-2-4-13(5-3-12)6-11-16(20)14-7-9-15(10-8-14)19-17-18-19/h2-11H,1H3. The van der Waals surface area contributed by atoms with Crippen molar-refractivity contribution in [3.63, 3.8) is 0 Å². The lowest BCUT2D eigenvalue weighted by molar-refractivity contribution is 0.104. The third-order valence-corrected chi connectivity index (χ3v) is 3.07. The lowest BCUT2D eigenvalue weighted by atomic mass is 10.1. The van der Waals surface area contributed by atoms with Gasteiger partial charge in [-0.2, -0.15) is 0 Å². The van der Waals surface area contributed by atoms with Crippen LogP contribution in [-0.4, -0.2) is 5.78 Å². The molecule has 1 heterocycles. The third kappa shape index (κ3) is 2.80. The summed E-state index contributed by atoms with van der Waals surface area (Å²) in [5, 5.41) is 8.89. The van der Waals surface area contributed by atoms with Gasteiger partial charge in [-0.05, 0) is 53.3 Å². The van der Waals surface area contributed by atoms with E-state index in [2.05, 4.69) is 10.4 Å². The number of benzene rings is 2. The van der Waals surface area contributed by atoms with E-state index in [9.17, 15) is 4.79 Å². The van der Waals surface area contributed by atoms with E-state index >= 15 is 0 Å². The maximum Gasteiger partial charge on any atom is 0.185 e. The maximum absolute atomic E-state index is 12.0. The fraction of sp³-hybridized carbons (Fsp3) is 0.0625. The second-order valence-electron chi connectivity index (χ2n) is 4.62. The molecule has 1 aliphatic rings. The van der Waals surface area contributed by atoms with Crippen molar-refractivity contribution in [3.8, 4) is 0 Å². The topological polar surface area (TPSA) is 44.8 Å². The van der Waals surface area contributed by atoms with Crippen molar-refractivity contribution < 1.29 is 4.79 Å². The highest BCUT2D eigenvalue weighted by atomic mass is 16.1. The zero-order valence-electron chi connectivity index (χ0n) is 11.0. The Balaban J connectivity index is 1.70. The summed E-state index contributed by atoms with van der Waals surface area (Å²) in [4.78, 5) is 12.0. The molecule has 4 nitrogen and oxygen atoms in total. The largest absolute Gasteiger partial charge is 0.289 e. The van der Waals surface area contributed by atoms with E-state index in [0.29, 0.717) is 5.56 Å². The molecule has 2 aromatic rings. The summed E-state index contributed by atoms with van der Waals surface area (Å²) in [7, 11) is 0. The Labute approximate surface area is 117 Å². The lowest BCUT2D eigenvalue weighted by Crippen LogP contribution is -1.95. The van der Waals surface area contributed by atoms with Gasteiger partial charge in [-0.1, -0.05) is 35.9 Å². The molecule has 0 unspecified atom stereocenters. The molecule has 0 bridgehead atoms. The SMILES string of the molecule is Cc1ccc(C=CC(=O)c2ccc(N3N=N3)cc2)cc1. The van der Waals surface area contributed by atoms with Gasteiger partial charge in [0.1, 0.15) is 0 Å². The van der Waals surface area contributed by atoms with Crippen LogP contribution in [0.25, 0.3) is 6.08 Å². The van der Waals surface area contributed by atoms with E-state index in [1.54, 1.807) is 18.2 Å². The number of hydrogen-bond acceptors (Lipinski definition) is 4. The number of nitrogens with zero attached hydrogens (tertiary/aromatic N) is 3. The number of hydrogen-bond donors (Lipinski definition) is 0. The molecule has 0 radical (unpaired) electrons. The summed E-state index contributed by atoms with van der Waals surface area (Å²) < 4.78 is 0. The molecule has 1 aliphatic heterocycles. The zero-order valence-corrected chi connectivity index (χ0v) is 11.0. The first-order valence-corrected chi connectivity index (χ1v) is 6.33. The molecule has 0 N–H and O–H groups in total. The van der Waals surface area contributed by atoms with E-state index in [4.69, 9.17) is 0 Å². The molecular formula is C16H13N3O. The lowest BCUT2D eigenvalue weighted by Gasteiger charge is -1.99. The third-order valence-electron chi connectivity index (χ3n) is 3.07. The molecule has 0 aromatic heterocycles.